The van der Waals surface area contributed by atoms with E-state index in [0.29, 0.717) is 28.5 Å². The fourth-order valence-corrected chi connectivity index (χ4v) is 4.33. The van der Waals surface area contributed by atoms with E-state index < -0.39 is 0 Å². The first-order valence-corrected chi connectivity index (χ1v) is 10.9. The maximum absolute atomic E-state index is 12.8. The monoisotopic (exact) mass is 442 g/mol. The number of rotatable bonds is 8. The van der Waals surface area contributed by atoms with E-state index in [0.717, 1.165) is 16.6 Å². The number of methoxy groups -OCH3 is 2. The van der Waals surface area contributed by atoms with Crippen LogP contribution < -0.4 is 14.3 Å². The molecule has 0 atom stereocenters. The molecule has 0 aliphatic carbocycles. The lowest BCUT2D eigenvalue weighted by Gasteiger charge is -2.09. The molecule has 0 N–H and O–H groups in total. The Morgan fingerprint density at radius 3 is 2.55 bits per heavy atom. The first kappa shape index (κ1) is 22.6. The van der Waals surface area contributed by atoms with Gasteiger partial charge in [0, 0.05) is 11.6 Å². The Hall–Kier alpha value is -3.13. The average Bonchev–Trinajstić information content (AvgIpc) is 3.09. The second-order valence-corrected chi connectivity index (χ2v) is 7.80. The van der Waals surface area contributed by atoms with E-state index in [2.05, 4.69) is 18.0 Å². The maximum Gasteiger partial charge on any atom is 0.326 e. The maximum atomic E-state index is 12.8. The van der Waals surface area contributed by atoms with Gasteiger partial charge in [-0.3, -0.25) is 9.59 Å². The van der Waals surface area contributed by atoms with Gasteiger partial charge in [0.05, 0.1) is 37.5 Å². The highest BCUT2D eigenvalue weighted by Gasteiger charge is 2.14. The molecule has 1 heterocycles. The minimum Gasteiger partial charge on any atom is -0.497 e. The molecule has 0 saturated heterocycles. The Kier molecular flexibility index (Phi) is 7.46. The van der Waals surface area contributed by atoms with Crippen molar-refractivity contribution in [3.05, 3.63) is 52.3 Å². The Labute approximate surface area is 184 Å². The van der Waals surface area contributed by atoms with Crippen molar-refractivity contribution in [2.24, 2.45) is 4.99 Å². The molecule has 1 aromatic heterocycles. The van der Waals surface area contributed by atoms with E-state index in [9.17, 15) is 9.59 Å². The molecule has 0 spiro atoms. The van der Waals surface area contributed by atoms with Crippen molar-refractivity contribution >= 4 is 33.4 Å². The Morgan fingerprint density at radius 1 is 1.06 bits per heavy atom. The van der Waals surface area contributed by atoms with Crippen LogP contribution in [-0.4, -0.2) is 37.3 Å². The first-order valence-electron chi connectivity index (χ1n) is 10.0. The van der Waals surface area contributed by atoms with Gasteiger partial charge in [-0.05, 0) is 37.1 Å². The van der Waals surface area contributed by atoms with Crippen LogP contribution in [0.1, 0.15) is 25.0 Å². The van der Waals surface area contributed by atoms with Gasteiger partial charge >= 0.3 is 5.97 Å². The number of aromatic nitrogens is 1. The van der Waals surface area contributed by atoms with Crippen LogP contribution in [0.5, 0.6) is 11.5 Å². The molecular weight excluding hydrogens is 416 g/mol. The number of hydrogen-bond acceptors (Lipinski definition) is 6. The highest BCUT2D eigenvalue weighted by atomic mass is 32.1. The molecular formula is C23H26N2O5S. The lowest BCUT2D eigenvalue weighted by Crippen LogP contribution is -2.23. The van der Waals surface area contributed by atoms with Gasteiger partial charge in [-0.2, -0.15) is 4.99 Å². The minimum absolute atomic E-state index is 0.00270. The van der Waals surface area contributed by atoms with Crippen LogP contribution in [0.2, 0.25) is 0 Å². The van der Waals surface area contributed by atoms with E-state index in [-0.39, 0.29) is 24.8 Å². The molecule has 2 aromatic carbocycles. The smallest absolute Gasteiger partial charge is 0.326 e. The number of fused-ring (bicyclic) bond motifs is 1. The zero-order valence-electron chi connectivity index (χ0n) is 18.1. The van der Waals surface area contributed by atoms with E-state index >= 15 is 0 Å². The third-order valence-corrected chi connectivity index (χ3v) is 5.85. The van der Waals surface area contributed by atoms with Crippen molar-refractivity contribution in [2.45, 2.75) is 33.2 Å². The molecule has 3 aromatic rings. The molecule has 0 fully saturated rings. The Balaban J connectivity index is 1.99. The second kappa shape index (κ2) is 10.3. The summed E-state index contributed by atoms with van der Waals surface area (Å²) in [5.41, 5.74) is 2.74. The third kappa shape index (κ3) is 5.32. The summed E-state index contributed by atoms with van der Waals surface area (Å²) in [7, 11) is 3.12. The summed E-state index contributed by atoms with van der Waals surface area (Å²) in [6, 6.07) is 11.3. The van der Waals surface area contributed by atoms with Gasteiger partial charge in [0.25, 0.3) is 5.91 Å². The summed E-state index contributed by atoms with van der Waals surface area (Å²) in [5, 5.41) is 0. The molecule has 0 unspecified atom stereocenters. The quantitative estimate of drug-likeness (QED) is 0.499. The van der Waals surface area contributed by atoms with Gasteiger partial charge < -0.3 is 18.8 Å². The number of hydrogen-bond donors (Lipinski definition) is 0. The van der Waals surface area contributed by atoms with E-state index in [1.807, 2.05) is 12.1 Å². The van der Waals surface area contributed by atoms with Gasteiger partial charge in [-0.25, -0.2) is 0 Å². The molecule has 0 bridgehead atoms. The first-order chi connectivity index (χ1) is 15.0. The molecule has 7 nitrogen and oxygen atoms in total. The number of carbonyl (C=O) groups is 2. The highest BCUT2D eigenvalue weighted by molar-refractivity contribution is 7.16. The van der Waals surface area contributed by atoms with Crippen LogP contribution in [-0.2, 0) is 33.7 Å². The minimum atomic E-state index is -0.368. The summed E-state index contributed by atoms with van der Waals surface area (Å²) in [6.07, 6.45) is 0.968. The fourth-order valence-electron chi connectivity index (χ4n) is 3.22. The number of esters is 1. The van der Waals surface area contributed by atoms with E-state index in [1.54, 1.807) is 43.9 Å². The topological polar surface area (TPSA) is 79.1 Å². The fraction of sp³-hybridized carbons (Fsp3) is 0.348. The zero-order valence-corrected chi connectivity index (χ0v) is 19.0. The van der Waals surface area contributed by atoms with Gasteiger partial charge in [0.2, 0.25) is 0 Å². The number of ether oxygens (including phenoxy) is 3. The van der Waals surface area contributed by atoms with Crippen molar-refractivity contribution in [3.8, 4) is 11.5 Å². The van der Waals surface area contributed by atoms with Crippen LogP contribution in [0.3, 0.4) is 0 Å². The summed E-state index contributed by atoms with van der Waals surface area (Å²) in [6.45, 7) is 4.14. The van der Waals surface area contributed by atoms with E-state index in [4.69, 9.17) is 14.2 Å². The van der Waals surface area contributed by atoms with Crippen LogP contribution in [0.25, 0.3) is 10.2 Å². The number of thiazole rings is 1. The molecule has 31 heavy (non-hydrogen) atoms. The molecule has 0 aliphatic heterocycles. The lowest BCUT2D eigenvalue weighted by molar-refractivity contribution is -0.143. The summed E-state index contributed by atoms with van der Waals surface area (Å²) >= 11 is 1.38. The van der Waals surface area contributed by atoms with Crippen molar-refractivity contribution in [2.75, 3.05) is 20.8 Å². The molecule has 0 aliphatic rings. The molecule has 1 amide bonds. The van der Waals surface area contributed by atoms with Crippen molar-refractivity contribution in [1.29, 1.82) is 0 Å². The second-order valence-electron chi connectivity index (χ2n) is 6.79. The lowest BCUT2D eigenvalue weighted by atomic mass is 10.1. The Morgan fingerprint density at radius 2 is 1.87 bits per heavy atom. The summed E-state index contributed by atoms with van der Waals surface area (Å²) in [5.74, 6) is 0.510. The normalized spacial score (nSPS) is 11.5. The van der Waals surface area contributed by atoms with Crippen molar-refractivity contribution in [1.82, 2.24) is 4.57 Å². The van der Waals surface area contributed by atoms with Crippen LogP contribution in [0.15, 0.2) is 41.4 Å². The van der Waals surface area contributed by atoms with Crippen molar-refractivity contribution < 1.29 is 23.8 Å². The van der Waals surface area contributed by atoms with Crippen molar-refractivity contribution in [3.63, 3.8) is 0 Å². The number of benzene rings is 2. The SMILES string of the molecule is CCOC(=O)Cn1c(=NC(=O)Cc2ccc(OC)cc2OC)sc2cc(CC)ccc21. The molecule has 8 heteroatoms. The van der Waals surface area contributed by atoms with Crippen LogP contribution in [0.4, 0.5) is 0 Å². The van der Waals surface area contributed by atoms with Gasteiger partial charge in [-0.15, -0.1) is 0 Å². The van der Waals surface area contributed by atoms with E-state index in [1.165, 1.54) is 16.9 Å². The number of carbonyl (C=O) groups excluding carboxylic acids is 2. The molecule has 0 radical (unpaired) electrons. The predicted octanol–water partition coefficient (Wildman–Crippen LogP) is 3.52. The molecule has 164 valence electrons. The predicted molar refractivity (Wildman–Crippen MR) is 120 cm³/mol. The van der Waals surface area contributed by atoms with Crippen LogP contribution in [0, 0.1) is 0 Å². The summed E-state index contributed by atoms with van der Waals surface area (Å²) < 4.78 is 18.4. The largest absolute Gasteiger partial charge is 0.497 e. The zero-order chi connectivity index (χ0) is 22.4. The van der Waals surface area contributed by atoms with Gasteiger partial charge in [0.1, 0.15) is 18.0 Å². The van der Waals surface area contributed by atoms with Crippen LogP contribution >= 0.6 is 11.3 Å². The van der Waals surface area contributed by atoms with Gasteiger partial charge in [-0.1, -0.05) is 30.4 Å². The average molecular weight is 443 g/mol. The number of amides is 1. The third-order valence-electron chi connectivity index (χ3n) is 4.80. The summed E-state index contributed by atoms with van der Waals surface area (Å²) in [4.78, 5) is 29.7. The highest BCUT2D eigenvalue weighted by Crippen LogP contribution is 2.25. The Bertz CT molecular complexity index is 1160. The number of aryl methyl sites for hydroxylation is 1. The van der Waals surface area contributed by atoms with Gasteiger partial charge in [0.15, 0.2) is 4.80 Å². The molecule has 0 saturated carbocycles. The molecule has 3 rings (SSSR count). The standard InChI is InChI=1S/C23H26N2O5S/c1-5-15-7-10-18-20(11-15)31-23(25(18)14-22(27)30-6-2)24-21(26)12-16-8-9-17(28-3)13-19(16)29-4/h7-11,13H,5-6,12,14H2,1-4H3. The number of nitrogens with zero attached hydrogens (tertiary/aromatic N) is 2.